The molecule has 1 aromatic carbocycles. The number of aromatic nitrogens is 1. The van der Waals surface area contributed by atoms with Crippen molar-refractivity contribution in [2.45, 2.75) is 38.4 Å². The van der Waals surface area contributed by atoms with Crippen LogP contribution in [0.25, 0.3) is 0 Å². The highest BCUT2D eigenvalue weighted by molar-refractivity contribution is 5.97. The number of nitrogens with one attached hydrogen (secondary N) is 2. The Hall–Kier alpha value is -3.33. The van der Waals surface area contributed by atoms with Crippen molar-refractivity contribution >= 4 is 17.5 Å². The van der Waals surface area contributed by atoms with E-state index in [9.17, 15) is 19.7 Å². The van der Waals surface area contributed by atoms with Crippen molar-refractivity contribution in [1.29, 1.82) is 0 Å². The van der Waals surface area contributed by atoms with Crippen LogP contribution in [-0.2, 0) is 11.3 Å². The van der Waals surface area contributed by atoms with Crippen LogP contribution in [-0.4, -0.2) is 51.8 Å². The lowest BCUT2D eigenvalue weighted by Crippen LogP contribution is -2.51. The van der Waals surface area contributed by atoms with Crippen molar-refractivity contribution in [2.75, 3.05) is 13.1 Å². The largest absolute Gasteiger partial charge is 0.351 e. The number of carbonyl (C=O) groups excluding carboxylic acids is 2. The van der Waals surface area contributed by atoms with Crippen molar-refractivity contribution < 1.29 is 14.5 Å². The molecule has 158 valence electrons. The van der Waals surface area contributed by atoms with E-state index in [1.165, 1.54) is 24.3 Å². The second-order valence-corrected chi connectivity index (χ2v) is 7.38. The Balaban J connectivity index is 1.45. The second kappa shape index (κ2) is 9.93. The Morgan fingerprint density at radius 1 is 1.23 bits per heavy atom. The van der Waals surface area contributed by atoms with Gasteiger partial charge in [0.05, 0.1) is 10.6 Å². The summed E-state index contributed by atoms with van der Waals surface area (Å²) in [5, 5.41) is 16.4. The molecule has 1 aliphatic heterocycles. The van der Waals surface area contributed by atoms with E-state index < -0.39 is 16.9 Å². The molecule has 2 N–H and O–H groups in total. The molecule has 0 saturated carbocycles. The molecule has 1 unspecified atom stereocenters. The Kier molecular flexibility index (Phi) is 7.08. The predicted octanol–water partition coefficient (Wildman–Crippen LogP) is 1.89. The molecule has 0 spiro atoms. The first kappa shape index (κ1) is 21.4. The number of carbonyl (C=O) groups is 2. The zero-order valence-electron chi connectivity index (χ0n) is 16.8. The van der Waals surface area contributed by atoms with E-state index in [0.717, 1.165) is 38.2 Å². The zero-order valence-corrected chi connectivity index (χ0v) is 16.8. The fourth-order valence-electron chi connectivity index (χ4n) is 3.39. The number of hydrogen-bond donors (Lipinski definition) is 2. The van der Waals surface area contributed by atoms with Crippen LogP contribution in [0.1, 0.15) is 35.8 Å². The fraction of sp³-hybridized carbons (Fsp3) is 0.381. The van der Waals surface area contributed by atoms with Gasteiger partial charge >= 0.3 is 0 Å². The zero-order chi connectivity index (χ0) is 21.5. The van der Waals surface area contributed by atoms with E-state index in [-0.39, 0.29) is 23.2 Å². The number of nitrogens with zero attached hydrogens (tertiary/aromatic N) is 3. The van der Waals surface area contributed by atoms with Crippen LogP contribution in [0, 0.1) is 10.1 Å². The summed E-state index contributed by atoms with van der Waals surface area (Å²) in [6.45, 7) is 4.10. The van der Waals surface area contributed by atoms with E-state index >= 15 is 0 Å². The molecule has 3 rings (SSSR count). The lowest BCUT2D eigenvalue weighted by molar-refractivity contribution is -0.384. The topological polar surface area (TPSA) is 117 Å². The van der Waals surface area contributed by atoms with Gasteiger partial charge in [-0.15, -0.1) is 0 Å². The average Bonchev–Trinajstić information content (AvgIpc) is 2.75. The molecule has 9 heteroatoms. The fourth-order valence-corrected chi connectivity index (χ4v) is 3.39. The minimum atomic E-state index is -0.747. The highest BCUT2D eigenvalue weighted by atomic mass is 16.6. The second-order valence-electron chi connectivity index (χ2n) is 7.38. The number of piperidine rings is 1. The first-order valence-corrected chi connectivity index (χ1v) is 9.90. The van der Waals surface area contributed by atoms with Gasteiger partial charge in [-0.2, -0.15) is 0 Å². The molecule has 9 nitrogen and oxygen atoms in total. The molecule has 1 fully saturated rings. The van der Waals surface area contributed by atoms with Gasteiger partial charge in [0.15, 0.2) is 0 Å². The lowest BCUT2D eigenvalue weighted by Gasteiger charge is -2.32. The smallest absolute Gasteiger partial charge is 0.270 e. The van der Waals surface area contributed by atoms with Crippen LogP contribution >= 0.6 is 0 Å². The summed E-state index contributed by atoms with van der Waals surface area (Å²) in [4.78, 5) is 41.7. The number of likely N-dealkylation sites (tertiary alicyclic amines) is 1. The van der Waals surface area contributed by atoms with Crippen molar-refractivity contribution in [1.82, 2.24) is 20.5 Å². The Morgan fingerprint density at radius 3 is 2.67 bits per heavy atom. The molecule has 1 saturated heterocycles. The molecule has 1 atom stereocenters. The first-order chi connectivity index (χ1) is 14.4. The molecule has 1 aliphatic rings. The van der Waals surface area contributed by atoms with E-state index in [2.05, 4.69) is 20.5 Å². The summed E-state index contributed by atoms with van der Waals surface area (Å²) in [5.74, 6) is -0.788. The third-order valence-corrected chi connectivity index (χ3v) is 5.11. The molecule has 2 heterocycles. The van der Waals surface area contributed by atoms with E-state index in [0.29, 0.717) is 0 Å². The number of amides is 2. The molecule has 30 heavy (non-hydrogen) atoms. The number of nitro groups is 1. The molecule has 0 bridgehead atoms. The normalized spacial score (nSPS) is 15.9. The summed E-state index contributed by atoms with van der Waals surface area (Å²) in [6.07, 6.45) is 3.43. The first-order valence-electron chi connectivity index (χ1n) is 9.90. The Bertz CT molecular complexity index is 897. The molecular formula is C21H25N5O4. The van der Waals surface area contributed by atoms with Crippen LogP contribution in [0.2, 0.25) is 0 Å². The average molecular weight is 411 g/mol. The van der Waals surface area contributed by atoms with Crippen LogP contribution in [0.15, 0.2) is 48.7 Å². The Morgan fingerprint density at radius 2 is 2.00 bits per heavy atom. The molecule has 0 aliphatic carbocycles. The number of non-ortho nitro benzene ring substituents is 1. The van der Waals surface area contributed by atoms with Crippen LogP contribution in [0.4, 0.5) is 5.69 Å². The monoisotopic (exact) mass is 411 g/mol. The van der Waals surface area contributed by atoms with E-state index in [1.54, 1.807) is 13.1 Å². The number of nitro benzene ring substituents is 1. The number of pyridine rings is 1. The third-order valence-electron chi connectivity index (χ3n) is 5.11. The minimum Gasteiger partial charge on any atom is -0.351 e. The summed E-state index contributed by atoms with van der Waals surface area (Å²) in [6, 6.07) is 10.6. The summed E-state index contributed by atoms with van der Waals surface area (Å²) < 4.78 is 0. The van der Waals surface area contributed by atoms with Crippen molar-refractivity contribution in [2.24, 2.45) is 0 Å². The maximum absolute atomic E-state index is 12.5. The van der Waals surface area contributed by atoms with Gasteiger partial charge in [0.25, 0.3) is 11.6 Å². The Labute approximate surface area is 174 Å². The third kappa shape index (κ3) is 5.84. The predicted molar refractivity (Wildman–Crippen MR) is 111 cm³/mol. The summed E-state index contributed by atoms with van der Waals surface area (Å²) >= 11 is 0. The molecule has 0 radical (unpaired) electrons. The van der Waals surface area contributed by atoms with Crippen LogP contribution in [0.3, 0.4) is 0 Å². The van der Waals surface area contributed by atoms with Gasteiger partial charge in [-0.3, -0.25) is 29.6 Å². The number of benzene rings is 1. The minimum absolute atomic E-state index is 0.0506. The standard InChI is InChI=1S/C21H25N5O4/c1-15(23-21(28)16-5-4-7-19(13-16)26(29)30)20(27)24-17-8-11-25(12-9-17)14-18-6-2-3-10-22-18/h2-7,10,13,15,17H,8-9,11-12,14H2,1H3,(H,23,28)(H,24,27). The summed E-state index contributed by atoms with van der Waals surface area (Å²) in [5.41, 5.74) is 1.00. The van der Waals surface area contributed by atoms with Crippen molar-refractivity contribution in [3.8, 4) is 0 Å². The SMILES string of the molecule is CC(NC(=O)c1cccc([N+](=O)[O-])c1)C(=O)NC1CCN(Cc2ccccn2)CC1. The van der Waals surface area contributed by atoms with Gasteiger partial charge in [0.2, 0.25) is 5.91 Å². The van der Waals surface area contributed by atoms with Gasteiger partial charge < -0.3 is 10.6 Å². The number of hydrogen-bond acceptors (Lipinski definition) is 6. The van der Waals surface area contributed by atoms with Gasteiger partial charge in [-0.1, -0.05) is 12.1 Å². The highest BCUT2D eigenvalue weighted by Gasteiger charge is 2.24. The van der Waals surface area contributed by atoms with Gasteiger partial charge in [0.1, 0.15) is 6.04 Å². The highest BCUT2D eigenvalue weighted by Crippen LogP contribution is 2.14. The van der Waals surface area contributed by atoms with Gasteiger partial charge in [-0.05, 0) is 38.0 Å². The van der Waals surface area contributed by atoms with E-state index in [4.69, 9.17) is 0 Å². The van der Waals surface area contributed by atoms with Crippen LogP contribution < -0.4 is 10.6 Å². The van der Waals surface area contributed by atoms with Gasteiger partial charge in [0, 0.05) is 49.6 Å². The lowest BCUT2D eigenvalue weighted by atomic mass is 10.0. The van der Waals surface area contributed by atoms with Crippen molar-refractivity contribution in [3.05, 3.63) is 70.0 Å². The van der Waals surface area contributed by atoms with Crippen molar-refractivity contribution in [3.63, 3.8) is 0 Å². The van der Waals surface area contributed by atoms with Crippen LogP contribution in [0.5, 0.6) is 0 Å². The molecule has 1 aromatic heterocycles. The maximum atomic E-state index is 12.5. The van der Waals surface area contributed by atoms with E-state index in [1.807, 2.05) is 18.2 Å². The molecule has 2 amide bonds. The molecular weight excluding hydrogens is 386 g/mol. The number of rotatable bonds is 7. The quantitative estimate of drug-likeness (QED) is 0.531. The maximum Gasteiger partial charge on any atom is 0.270 e. The van der Waals surface area contributed by atoms with Gasteiger partial charge in [-0.25, -0.2) is 0 Å². The molecule has 2 aromatic rings. The summed E-state index contributed by atoms with van der Waals surface area (Å²) in [7, 11) is 0.